The van der Waals surface area contributed by atoms with E-state index < -0.39 is 41.0 Å². The van der Waals surface area contributed by atoms with E-state index in [1.54, 1.807) is 49.4 Å². The summed E-state index contributed by atoms with van der Waals surface area (Å²) in [4.78, 5) is 27.6. The van der Waals surface area contributed by atoms with Crippen LogP contribution in [0.15, 0.2) is 60.7 Å². The maximum Gasteiger partial charge on any atom is 0.430 e. The number of rotatable bonds is 13. The van der Waals surface area contributed by atoms with Crippen LogP contribution in [0.2, 0.25) is 0 Å². The molecule has 0 saturated carbocycles. The van der Waals surface area contributed by atoms with Crippen molar-refractivity contribution >= 4 is 11.9 Å². The highest BCUT2D eigenvalue weighted by Crippen LogP contribution is 2.50. The number of nitrogens with zero attached hydrogens (tertiary/aromatic N) is 1. The quantitative estimate of drug-likeness (QED) is 0.117. The molecule has 2 N–H and O–H groups in total. The third-order valence-electron chi connectivity index (χ3n) is 8.92. The minimum Gasteiger partial charge on any atom is -0.497 e. The van der Waals surface area contributed by atoms with E-state index in [0.717, 1.165) is 16.5 Å². The lowest BCUT2D eigenvalue weighted by Gasteiger charge is -2.33. The van der Waals surface area contributed by atoms with Crippen LogP contribution < -0.4 is 24.3 Å². The standard InChI is InChI=1S/C35H36F6N2O7/c1-3-32(24-10-15-28-29(21-24)50-19-18-49-28)30(44)43(31(45)42-32)16-4-5-17-48-27-14-11-25(33(46,34(36,37)38)35(39,40)41)20-23(27)9-6-22-7-12-26(47-2)13-8-22/h7-8,10-15,20-21,46H,3-6,9,16-19H2,1-2H3,(H,42,45). The first kappa shape index (κ1) is 36.6. The van der Waals surface area contributed by atoms with E-state index in [0.29, 0.717) is 54.6 Å². The molecule has 1 atom stereocenters. The van der Waals surface area contributed by atoms with Gasteiger partial charge in [-0.25, -0.2) is 4.79 Å². The van der Waals surface area contributed by atoms with Gasteiger partial charge >= 0.3 is 18.4 Å². The van der Waals surface area contributed by atoms with Gasteiger partial charge in [0.15, 0.2) is 11.5 Å². The first-order valence-electron chi connectivity index (χ1n) is 15.9. The molecule has 0 radical (unpaired) electrons. The van der Waals surface area contributed by atoms with Crippen LogP contribution in [0.1, 0.15) is 48.4 Å². The number of benzene rings is 3. The van der Waals surface area contributed by atoms with Crippen LogP contribution in [0, 0.1) is 0 Å². The second-order valence-electron chi connectivity index (χ2n) is 11.9. The lowest BCUT2D eigenvalue weighted by atomic mass is 9.87. The topological polar surface area (TPSA) is 107 Å². The number of hydrogen-bond donors (Lipinski definition) is 2. The number of methoxy groups -OCH3 is 1. The Kier molecular flexibility index (Phi) is 10.5. The van der Waals surface area contributed by atoms with Crippen molar-refractivity contribution in [2.24, 2.45) is 0 Å². The van der Waals surface area contributed by atoms with E-state index in [4.69, 9.17) is 18.9 Å². The van der Waals surface area contributed by atoms with E-state index in [1.807, 2.05) is 0 Å². The third-order valence-corrected chi connectivity index (χ3v) is 8.92. The molecule has 15 heteroatoms. The average molecular weight is 711 g/mol. The number of carbonyl (C=O) groups is 2. The number of fused-ring (bicyclic) bond motifs is 1. The number of carbonyl (C=O) groups excluding carboxylic acids is 2. The zero-order valence-corrected chi connectivity index (χ0v) is 27.2. The Morgan fingerprint density at radius 3 is 2.20 bits per heavy atom. The van der Waals surface area contributed by atoms with Gasteiger partial charge < -0.3 is 29.4 Å². The number of ether oxygens (including phenoxy) is 4. The van der Waals surface area contributed by atoms with Gasteiger partial charge in [-0.15, -0.1) is 0 Å². The predicted molar refractivity (Wildman–Crippen MR) is 167 cm³/mol. The number of halogens is 6. The average Bonchev–Trinajstić information content (AvgIpc) is 3.34. The van der Waals surface area contributed by atoms with Crippen molar-refractivity contribution in [3.63, 3.8) is 0 Å². The number of hydrogen-bond acceptors (Lipinski definition) is 7. The van der Waals surface area contributed by atoms with Crippen molar-refractivity contribution in [2.75, 3.05) is 33.5 Å². The molecule has 2 aliphatic rings. The molecule has 1 unspecified atom stereocenters. The highest BCUT2D eigenvalue weighted by molar-refractivity contribution is 6.07. The maximum atomic E-state index is 13.7. The van der Waals surface area contributed by atoms with Gasteiger partial charge in [0.1, 0.15) is 30.3 Å². The summed E-state index contributed by atoms with van der Waals surface area (Å²) in [7, 11) is 1.48. The smallest absolute Gasteiger partial charge is 0.430 e. The fraction of sp³-hybridized carbons (Fsp3) is 0.429. The molecule has 3 amide bonds. The van der Waals surface area contributed by atoms with Gasteiger partial charge in [-0.2, -0.15) is 26.3 Å². The largest absolute Gasteiger partial charge is 0.497 e. The van der Waals surface area contributed by atoms with Crippen molar-refractivity contribution in [3.8, 4) is 23.0 Å². The zero-order chi connectivity index (χ0) is 36.3. The summed E-state index contributed by atoms with van der Waals surface area (Å²) in [6.07, 6.45) is -11.0. The molecule has 1 fully saturated rings. The number of unbranched alkanes of at least 4 members (excludes halogenated alkanes) is 1. The Bertz CT molecular complexity index is 1680. The number of amides is 3. The van der Waals surface area contributed by atoms with Crippen LogP contribution in [0.4, 0.5) is 31.1 Å². The lowest BCUT2D eigenvalue weighted by molar-refractivity contribution is -0.376. The van der Waals surface area contributed by atoms with Gasteiger partial charge in [0.2, 0.25) is 0 Å². The highest BCUT2D eigenvalue weighted by atomic mass is 19.4. The monoisotopic (exact) mass is 710 g/mol. The van der Waals surface area contributed by atoms with Gasteiger partial charge in [0, 0.05) is 12.1 Å². The van der Waals surface area contributed by atoms with Gasteiger partial charge in [-0.3, -0.25) is 9.69 Å². The second-order valence-corrected chi connectivity index (χ2v) is 11.9. The molecule has 5 rings (SSSR count). The molecule has 2 aliphatic heterocycles. The summed E-state index contributed by atoms with van der Waals surface area (Å²) in [5, 5.41) is 12.8. The van der Waals surface area contributed by atoms with Crippen LogP contribution in [-0.2, 0) is 28.8 Å². The summed E-state index contributed by atoms with van der Waals surface area (Å²) in [5.74, 6) is 1.16. The fourth-order valence-electron chi connectivity index (χ4n) is 6.03. The van der Waals surface area contributed by atoms with Crippen LogP contribution in [0.25, 0.3) is 0 Å². The third kappa shape index (κ3) is 7.00. The number of imide groups is 1. The van der Waals surface area contributed by atoms with E-state index >= 15 is 0 Å². The van der Waals surface area contributed by atoms with Crippen molar-refractivity contribution in [1.29, 1.82) is 0 Å². The second kappa shape index (κ2) is 14.3. The van der Waals surface area contributed by atoms with Gasteiger partial charge in [-0.05, 0) is 85.2 Å². The highest BCUT2D eigenvalue weighted by Gasteiger charge is 2.71. The number of aliphatic hydroxyl groups is 1. The molecule has 3 aromatic carbocycles. The first-order chi connectivity index (χ1) is 23.6. The van der Waals surface area contributed by atoms with E-state index in [9.17, 15) is 41.0 Å². The Morgan fingerprint density at radius 1 is 0.880 bits per heavy atom. The Labute approximate surface area is 284 Å². The van der Waals surface area contributed by atoms with Crippen molar-refractivity contribution < 1.29 is 60.0 Å². The number of nitrogens with one attached hydrogen (secondary N) is 1. The normalized spacial score (nSPS) is 17.9. The summed E-state index contributed by atoms with van der Waals surface area (Å²) >= 11 is 0. The summed E-state index contributed by atoms with van der Waals surface area (Å²) < 4.78 is 104. The Balaban J connectivity index is 1.27. The summed E-state index contributed by atoms with van der Waals surface area (Å²) in [6, 6.07) is 13.4. The molecule has 0 aromatic heterocycles. The molecule has 50 heavy (non-hydrogen) atoms. The van der Waals surface area contributed by atoms with Crippen LogP contribution in [-0.4, -0.2) is 67.8 Å². The molecule has 3 aromatic rings. The van der Waals surface area contributed by atoms with E-state index in [1.165, 1.54) is 7.11 Å². The number of aryl methyl sites for hydroxylation is 2. The van der Waals surface area contributed by atoms with Gasteiger partial charge in [0.25, 0.3) is 11.5 Å². The van der Waals surface area contributed by atoms with Gasteiger partial charge in [0.05, 0.1) is 13.7 Å². The lowest BCUT2D eigenvalue weighted by Crippen LogP contribution is -2.53. The SMILES string of the molecule is CCC1(c2ccc3c(c2)OCCO3)NC(=O)N(CCCCOc2ccc(C(O)(C(F)(F)F)C(F)(F)F)cc2CCc2ccc(OC)cc2)C1=O. The van der Waals surface area contributed by atoms with Crippen LogP contribution in [0.5, 0.6) is 23.0 Å². The van der Waals surface area contributed by atoms with Crippen molar-refractivity contribution in [1.82, 2.24) is 10.2 Å². The van der Waals surface area contributed by atoms with Crippen LogP contribution in [0.3, 0.4) is 0 Å². The number of urea groups is 1. The molecule has 0 bridgehead atoms. The molecular formula is C35H36F6N2O7. The van der Waals surface area contributed by atoms with Crippen LogP contribution >= 0.6 is 0 Å². The molecule has 0 spiro atoms. The molecule has 9 nitrogen and oxygen atoms in total. The first-order valence-corrected chi connectivity index (χ1v) is 15.9. The Morgan fingerprint density at radius 2 is 1.56 bits per heavy atom. The minimum absolute atomic E-state index is 0.0112. The Hall–Kier alpha value is -4.66. The zero-order valence-electron chi connectivity index (χ0n) is 27.2. The van der Waals surface area contributed by atoms with E-state index in [2.05, 4.69) is 5.32 Å². The fourth-order valence-corrected chi connectivity index (χ4v) is 6.03. The molecule has 2 heterocycles. The molecule has 270 valence electrons. The van der Waals surface area contributed by atoms with Gasteiger partial charge in [-0.1, -0.05) is 31.2 Å². The molecule has 1 saturated heterocycles. The van der Waals surface area contributed by atoms with E-state index in [-0.39, 0.29) is 50.1 Å². The summed E-state index contributed by atoms with van der Waals surface area (Å²) in [6.45, 7) is 2.53. The molecule has 0 aliphatic carbocycles. The summed E-state index contributed by atoms with van der Waals surface area (Å²) in [5.41, 5.74) is -6.49. The number of alkyl halides is 6. The molecular weight excluding hydrogens is 674 g/mol. The maximum absolute atomic E-state index is 13.7. The van der Waals surface area contributed by atoms with Crippen molar-refractivity contribution in [2.45, 2.75) is 62.5 Å². The van der Waals surface area contributed by atoms with Crippen molar-refractivity contribution in [3.05, 3.63) is 82.9 Å². The predicted octanol–water partition coefficient (Wildman–Crippen LogP) is 6.58. The minimum atomic E-state index is -6.04.